The van der Waals surface area contributed by atoms with Gasteiger partial charge in [0.05, 0.1) is 10.6 Å². The zero-order chi connectivity index (χ0) is 15.2. The Labute approximate surface area is 126 Å². The summed E-state index contributed by atoms with van der Waals surface area (Å²) >= 11 is 0. The van der Waals surface area contributed by atoms with E-state index in [1.807, 2.05) is 0 Å². The minimum absolute atomic E-state index is 0.0969. The van der Waals surface area contributed by atoms with Crippen molar-refractivity contribution in [2.45, 2.75) is 4.90 Å². The lowest BCUT2D eigenvalue weighted by Crippen LogP contribution is -2.13. The Kier molecular flexibility index (Phi) is 2.73. The summed E-state index contributed by atoms with van der Waals surface area (Å²) in [5.41, 5.74) is 0.942. The molecule has 3 aromatic rings. The molecule has 0 amide bonds. The van der Waals surface area contributed by atoms with Crippen molar-refractivity contribution in [3.63, 3.8) is 0 Å². The highest BCUT2D eigenvalue weighted by Gasteiger charge is 2.21. The lowest BCUT2D eigenvalue weighted by atomic mass is 10.3. The number of hydrogen-bond acceptors (Lipinski definition) is 5. The second-order valence-corrected chi connectivity index (χ2v) is 6.38. The Morgan fingerprint density at radius 3 is 2.91 bits per heavy atom. The fourth-order valence-corrected chi connectivity index (χ4v) is 3.35. The highest BCUT2D eigenvalue weighted by Crippen LogP contribution is 2.34. The van der Waals surface area contributed by atoms with Crippen LogP contribution in [0, 0.1) is 0 Å². The first-order chi connectivity index (χ1) is 10.6. The fraction of sp³-hybridized carbons (Fsp3) is 0.0714. The van der Waals surface area contributed by atoms with Crippen molar-refractivity contribution in [2.24, 2.45) is 0 Å². The lowest BCUT2D eigenvalue weighted by Gasteiger charge is -2.09. The summed E-state index contributed by atoms with van der Waals surface area (Å²) in [5, 5.41) is 0. The molecule has 2 aromatic heterocycles. The molecular formula is C14H11N3O4S. The molecule has 0 unspecified atom stereocenters. The van der Waals surface area contributed by atoms with Crippen LogP contribution < -0.4 is 14.2 Å². The normalized spacial score (nSPS) is 13.5. The van der Waals surface area contributed by atoms with Crippen LogP contribution in [0.4, 0.5) is 5.69 Å². The number of hydrogen-bond donors (Lipinski definition) is 1. The summed E-state index contributed by atoms with van der Waals surface area (Å²) in [6.07, 6.45) is 5.14. The zero-order valence-corrected chi connectivity index (χ0v) is 12.1. The largest absolute Gasteiger partial charge is 0.454 e. The molecule has 4 rings (SSSR count). The molecular weight excluding hydrogens is 306 g/mol. The van der Waals surface area contributed by atoms with Crippen LogP contribution in [0.1, 0.15) is 0 Å². The highest BCUT2D eigenvalue weighted by molar-refractivity contribution is 7.92. The molecule has 22 heavy (non-hydrogen) atoms. The van der Waals surface area contributed by atoms with Crippen molar-refractivity contribution in [3.8, 4) is 11.5 Å². The molecule has 112 valence electrons. The van der Waals surface area contributed by atoms with Crippen molar-refractivity contribution >= 4 is 21.4 Å². The quantitative estimate of drug-likeness (QED) is 0.797. The molecule has 0 radical (unpaired) electrons. The number of nitrogens with one attached hydrogen (secondary N) is 1. The first kappa shape index (κ1) is 13.0. The van der Waals surface area contributed by atoms with Crippen LogP contribution >= 0.6 is 0 Å². The Hall–Kier alpha value is -2.74. The third kappa shape index (κ3) is 2.04. The third-order valence-electron chi connectivity index (χ3n) is 3.32. The van der Waals surface area contributed by atoms with Gasteiger partial charge in [0.2, 0.25) is 6.79 Å². The molecule has 1 N–H and O–H groups in total. The number of sulfonamides is 1. The maximum atomic E-state index is 12.5. The van der Waals surface area contributed by atoms with Crippen LogP contribution in [0.2, 0.25) is 0 Å². The van der Waals surface area contributed by atoms with Crippen LogP contribution in [0.25, 0.3) is 5.65 Å². The van der Waals surface area contributed by atoms with Gasteiger partial charge < -0.3 is 13.9 Å². The van der Waals surface area contributed by atoms with Crippen molar-refractivity contribution < 1.29 is 17.9 Å². The molecule has 0 saturated heterocycles. The number of fused-ring (bicyclic) bond motifs is 2. The average molecular weight is 317 g/mol. The van der Waals surface area contributed by atoms with E-state index < -0.39 is 10.0 Å². The Morgan fingerprint density at radius 1 is 1.14 bits per heavy atom. The molecule has 1 aliphatic heterocycles. The van der Waals surface area contributed by atoms with Gasteiger partial charge in [-0.05, 0) is 24.3 Å². The van der Waals surface area contributed by atoms with Crippen molar-refractivity contribution in [2.75, 3.05) is 11.5 Å². The second kappa shape index (κ2) is 4.63. The molecule has 0 spiro atoms. The molecule has 0 saturated carbocycles. The molecule has 7 nitrogen and oxygen atoms in total. The Bertz CT molecular complexity index is 965. The average Bonchev–Trinajstić information content (AvgIpc) is 3.15. The first-order valence-corrected chi connectivity index (χ1v) is 7.96. The molecule has 1 aromatic carbocycles. The summed E-state index contributed by atoms with van der Waals surface area (Å²) in [5.74, 6) is 0.955. The molecule has 0 bridgehead atoms. The number of ether oxygens (including phenoxy) is 2. The van der Waals surface area contributed by atoms with E-state index in [9.17, 15) is 8.42 Å². The zero-order valence-electron chi connectivity index (χ0n) is 11.3. The Balaban J connectivity index is 1.74. The van der Waals surface area contributed by atoms with Gasteiger partial charge in [-0.1, -0.05) is 0 Å². The topological polar surface area (TPSA) is 81.9 Å². The summed E-state index contributed by atoms with van der Waals surface area (Å²) < 4.78 is 39.7. The first-order valence-electron chi connectivity index (χ1n) is 6.48. The molecule has 0 atom stereocenters. The Morgan fingerprint density at radius 2 is 2.00 bits per heavy atom. The van der Waals surface area contributed by atoms with E-state index in [4.69, 9.17) is 9.47 Å². The summed E-state index contributed by atoms with van der Waals surface area (Å²) in [7, 11) is -3.74. The molecule has 1 aliphatic rings. The smallest absolute Gasteiger partial charge is 0.262 e. The van der Waals surface area contributed by atoms with Crippen LogP contribution in [0.15, 0.2) is 53.8 Å². The van der Waals surface area contributed by atoms with Crippen molar-refractivity contribution in [1.29, 1.82) is 0 Å². The van der Waals surface area contributed by atoms with Gasteiger partial charge in [0.25, 0.3) is 10.0 Å². The molecule has 0 aliphatic carbocycles. The van der Waals surface area contributed by atoms with Gasteiger partial charge in [-0.3, -0.25) is 4.72 Å². The van der Waals surface area contributed by atoms with Gasteiger partial charge in [-0.25, -0.2) is 13.4 Å². The molecule has 0 fully saturated rings. The number of imidazole rings is 1. The lowest BCUT2D eigenvalue weighted by molar-refractivity contribution is 0.174. The number of anilines is 1. The van der Waals surface area contributed by atoms with Gasteiger partial charge in [0, 0.05) is 24.7 Å². The van der Waals surface area contributed by atoms with E-state index >= 15 is 0 Å². The van der Waals surface area contributed by atoms with Gasteiger partial charge in [0.15, 0.2) is 17.1 Å². The van der Waals surface area contributed by atoms with Gasteiger partial charge in [0.1, 0.15) is 0 Å². The summed E-state index contributed by atoms with van der Waals surface area (Å²) in [4.78, 5) is 4.25. The predicted octanol–water partition coefficient (Wildman–Crippen LogP) is 1.86. The monoisotopic (exact) mass is 317 g/mol. The van der Waals surface area contributed by atoms with Gasteiger partial charge in [-0.15, -0.1) is 0 Å². The maximum absolute atomic E-state index is 12.5. The van der Waals surface area contributed by atoms with Crippen molar-refractivity contribution in [3.05, 3.63) is 48.9 Å². The van der Waals surface area contributed by atoms with E-state index in [2.05, 4.69) is 9.71 Å². The predicted molar refractivity (Wildman–Crippen MR) is 78.6 cm³/mol. The van der Waals surface area contributed by atoms with E-state index in [1.165, 1.54) is 12.1 Å². The highest BCUT2D eigenvalue weighted by atomic mass is 32.2. The van der Waals surface area contributed by atoms with Crippen LogP contribution in [-0.4, -0.2) is 24.6 Å². The van der Waals surface area contributed by atoms with E-state index in [0.29, 0.717) is 22.8 Å². The van der Waals surface area contributed by atoms with Crippen LogP contribution in [0.3, 0.4) is 0 Å². The third-order valence-corrected chi connectivity index (χ3v) is 4.68. The number of pyridine rings is 1. The minimum atomic E-state index is -3.74. The molecule has 3 heterocycles. The SMILES string of the molecule is O=S(=O)(Nc1cccn2ccnc12)c1ccc2c(c1)OCO2. The van der Waals surface area contributed by atoms with E-state index in [1.54, 1.807) is 41.2 Å². The fourth-order valence-electron chi connectivity index (χ4n) is 2.28. The minimum Gasteiger partial charge on any atom is -0.454 e. The molecule has 8 heteroatoms. The van der Waals surface area contributed by atoms with Gasteiger partial charge in [-0.2, -0.15) is 0 Å². The van der Waals surface area contributed by atoms with Crippen molar-refractivity contribution in [1.82, 2.24) is 9.38 Å². The van der Waals surface area contributed by atoms with E-state index in [-0.39, 0.29) is 11.7 Å². The maximum Gasteiger partial charge on any atom is 0.262 e. The van der Waals surface area contributed by atoms with Crippen LogP contribution in [-0.2, 0) is 10.0 Å². The summed E-state index contributed by atoms with van der Waals surface area (Å²) in [6, 6.07) is 7.89. The summed E-state index contributed by atoms with van der Waals surface area (Å²) in [6.45, 7) is 0.0969. The number of aromatic nitrogens is 2. The van der Waals surface area contributed by atoms with Gasteiger partial charge >= 0.3 is 0 Å². The number of rotatable bonds is 3. The standard InChI is InChI=1S/C14H11N3O4S/c18-22(19,10-3-4-12-13(8-10)21-9-20-12)16-11-2-1-6-17-7-5-15-14(11)17/h1-8,16H,9H2. The van der Waals surface area contributed by atoms with E-state index in [0.717, 1.165) is 0 Å². The number of benzene rings is 1. The van der Waals surface area contributed by atoms with Crippen LogP contribution in [0.5, 0.6) is 11.5 Å². The second-order valence-electron chi connectivity index (χ2n) is 4.70. The number of nitrogens with zero attached hydrogens (tertiary/aromatic N) is 2.